The highest BCUT2D eigenvalue weighted by molar-refractivity contribution is 6.13. The van der Waals surface area contributed by atoms with Gasteiger partial charge in [0, 0.05) is 49.0 Å². The van der Waals surface area contributed by atoms with Crippen molar-refractivity contribution in [3.05, 3.63) is 96.2 Å². The van der Waals surface area contributed by atoms with E-state index in [0.29, 0.717) is 17.8 Å². The third kappa shape index (κ3) is 3.96. The highest BCUT2D eigenvalue weighted by atomic mass is 16.2. The molecule has 0 aliphatic heterocycles. The number of hydrogen-bond acceptors (Lipinski definition) is 2. The van der Waals surface area contributed by atoms with Crippen LogP contribution in [0.5, 0.6) is 0 Å². The molecule has 2 amide bonds. The molecule has 3 aromatic carbocycles. The van der Waals surface area contributed by atoms with Crippen LogP contribution in [0.1, 0.15) is 22.8 Å². The second kappa shape index (κ2) is 8.25. The van der Waals surface area contributed by atoms with Gasteiger partial charge < -0.3 is 14.8 Å². The first-order chi connectivity index (χ1) is 14.5. The minimum absolute atomic E-state index is 0.0435. The second-order valence-corrected chi connectivity index (χ2v) is 7.25. The van der Waals surface area contributed by atoms with E-state index in [1.54, 1.807) is 24.1 Å². The van der Waals surface area contributed by atoms with Crippen molar-refractivity contribution in [3.8, 4) is 0 Å². The van der Waals surface area contributed by atoms with E-state index < -0.39 is 0 Å². The van der Waals surface area contributed by atoms with Gasteiger partial charge >= 0.3 is 0 Å². The van der Waals surface area contributed by atoms with Crippen molar-refractivity contribution >= 4 is 34.1 Å². The Hall–Kier alpha value is -3.86. The number of rotatable bonds is 5. The van der Waals surface area contributed by atoms with Crippen molar-refractivity contribution in [2.75, 3.05) is 17.3 Å². The first-order valence-corrected chi connectivity index (χ1v) is 9.80. The van der Waals surface area contributed by atoms with E-state index in [-0.39, 0.29) is 11.8 Å². The maximum Gasteiger partial charge on any atom is 0.257 e. The highest BCUT2D eigenvalue weighted by Crippen LogP contribution is 2.24. The van der Waals surface area contributed by atoms with Crippen LogP contribution < -0.4 is 10.2 Å². The Balaban J connectivity index is 1.60. The zero-order valence-corrected chi connectivity index (χ0v) is 17.0. The van der Waals surface area contributed by atoms with Crippen LogP contribution in [0.25, 0.3) is 10.9 Å². The number of carbonyl (C=O) groups is 2. The van der Waals surface area contributed by atoms with Gasteiger partial charge in [-0.05, 0) is 35.9 Å². The normalized spacial score (nSPS) is 10.7. The maximum absolute atomic E-state index is 13.0. The largest absolute Gasteiger partial charge is 0.342 e. The molecule has 1 heterocycles. The van der Waals surface area contributed by atoms with E-state index in [1.807, 2.05) is 60.8 Å². The monoisotopic (exact) mass is 397 g/mol. The molecule has 0 spiro atoms. The molecule has 1 N–H and O–H groups in total. The lowest BCUT2D eigenvalue weighted by Crippen LogP contribution is -2.22. The fourth-order valence-electron chi connectivity index (χ4n) is 3.49. The van der Waals surface area contributed by atoms with Gasteiger partial charge in [0.05, 0.1) is 5.56 Å². The summed E-state index contributed by atoms with van der Waals surface area (Å²) in [6, 6.07) is 25.3. The van der Waals surface area contributed by atoms with Crippen molar-refractivity contribution in [3.63, 3.8) is 0 Å². The molecule has 0 unspecified atom stereocenters. The molecule has 0 atom stereocenters. The Labute approximate surface area is 175 Å². The molecule has 0 bridgehead atoms. The van der Waals surface area contributed by atoms with Crippen molar-refractivity contribution < 1.29 is 9.59 Å². The zero-order chi connectivity index (χ0) is 21.1. The molecule has 4 aromatic rings. The van der Waals surface area contributed by atoms with Crippen molar-refractivity contribution in [1.82, 2.24) is 4.57 Å². The molecule has 0 aliphatic carbocycles. The lowest BCUT2D eigenvalue weighted by Gasteiger charge is -2.15. The van der Waals surface area contributed by atoms with Gasteiger partial charge in [-0.15, -0.1) is 0 Å². The molecule has 4 rings (SSSR count). The Morgan fingerprint density at radius 2 is 1.57 bits per heavy atom. The van der Waals surface area contributed by atoms with Crippen LogP contribution in [-0.2, 0) is 11.3 Å². The van der Waals surface area contributed by atoms with Gasteiger partial charge in [-0.3, -0.25) is 9.59 Å². The number of fused-ring (bicyclic) bond motifs is 1. The van der Waals surface area contributed by atoms with E-state index >= 15 is 0 Å². The molecule has 5 nitrogen and oxygen atoms in total. The number of nitrogens with one attached hydrogen (secondary N) is 1. The van der Waals surface area contributed by atoms with Gasteiger partial charge in [0.25, 0.3) is 5.91 Å². The van der Waals surface area contributed by atoms with Gasteiger partial charge in [-0.2, -0.15) is 0 Å². The molecular formula is C25H23N3O2. The topological polar surface area (TPSA) is 54.3 Å². The molecule has 0 saturated carbocycles. The SMILES string of the molecule is CC(=O)N(C)c1ccc(NC(=O)c2cn(Cc3ccccc3)c3ccccc23)cc1. The molecule has 0 saturated heterocycles. The minimum atomic E-state index is -0.161. The smallest absolute Gasteiger partial charge is 0.257 e. The van der Waals surface area contributed by atoms with Gasteiger partial charge in [0.15, 0.2) is 0 Å². The molecular weight excluding hydrogens is 374 g/mol. The first-order valence-electron chi connectivity index (χ1n) is 9.80. The predicted octanol–water partition coefficient (Wildman–Crippen LogP) is 4.92. The molecule has 1 aromatic heterocycles. The summed E-state index contributed by atoms with van der Waals surface area (Å²) < 4.78 is 2.10. The van der Waals surface area contributed by atoms with Crippen LogP contribution in [0.15, 0.2) is 85.1 Å². The lowest BCUT2D eigenvalue weighted by atomic mass is 10.1. The molecule has 0 fully saturated rings. The van der Waals surface area contributed by atoms with Crippen molar-refractivity contribution in [1.29, 1.82) is 0 Å². The molecule has 0 aliphatic rings. The van der Waals surface area contributed by atoms with Gasteiger partial charge in [0.1, 0.15) is 0 Å². The van der Waals surface area contributed by atoms with Crippen LogP contribution in [0.2, 0.25) is 0 Å². The summed E-state index contributed by atoms with van der Waals surface area (Å²) in [5, 5.41) is 3.88. The number of amides is 2. The summed E-state index contributed by atoms with van der Waals surface area (Å²) in [6.07, 6.45) is 1.91. The minimum Gasteiger partial charge on any atom is -0.342 e. The molecule has 5 heteroatoms. The van der Waals surface area contributed by atoms with Gasteiger partial charge in [-0.1, -0.05) is 48.5 Å². The summed E-state index contributed by atoms with van der Waals surface area (Å²) in [4.78, 5) is 26.1. The van der Waals surface area contributed by atoms with E-state index in [9.17, 15) is 9.59 Å². The summed E-state index contributed by atoms with van der Waals surface area (Å²) in [6.45, 7) is 2.21. The third-order valence-corrected chi connectivity index (χ3v) is 5.21. The van der Waals surface area contributed by atoms with E-state index in [1.165, 1.54) is 12.5 Å². The zero-order valence-electron chi connectivity index (χ0n) is 17.0. The molecule has 150 valence electrons. The number of anilines is 2. The fourth-order valence-corrected chi connectivity index (χ4v) is 3.49. The Bertz CT molecular complexity index is 1190. The molecule has 0 radical (unpaired) electrons. The van der Waals surface area contributed by atoms with Crippen LogP contribution in [0, 0.1) is 0 Å². The van der Waals surface area contributed by atoms with Crippen molar-refractivity contribution in [2.24, 2.45) is 0 Å². The summed E-state index contributed by atoms with van der Waals surface area (Å²) in [7, 11) is 1.72. The van der Waals surface area contributed by atoms with Crippen LogP contribution in [0.3, 0.4) is 0 Å². The number of nitrogens with zero attached hydrogens (tertiary/aromatic N) is 2. The van der Waals surface area contributed by atoms with E-state index in [2.05, 4.69) is 22.0 Å². The molecule has 30 heavy (non-hydrogen) atoms. The third-order valence-electron chi connectivity index (χ3n) is 5.21. The summed E-state index contributed by atoms with van der Waals surface area (Å²) in [5.74, 6) is -0.205. The van der Waals surface area contributed by atoms with Crippen LogP contribution >= 0.6 is 0 Å². The quantitative estimate of drug-likeness (QED) is 0.519. The number of carbonyl (C=O) groups excluding carboxylic acids is 2. The number of hydrogen-bond donors (Lipinski definition) is 1. The standard InChI is InChI=1S/C25H23N3O2/c1-18(29)27(2)21-14-12-20(13-15-21)26-25(30)23-17-28(16-19-8-4-3-5-9-19)24-11-7-6-10-22(23)24/h3-15,17H,16H2,1-2H3,(H,26,30). The average Bonchev–Trinajstić information content (AvgIpc) is 3.13. The van der Waals surface area contributed by atoms with E-state index in [0.717, 1.165) is 16.6 Å². The average molecular weight is 397 g/mol. The summed E-state index contributed by atoms with van der Waals surface area (Å²) >= 11 is 0. The van der Waals surface area contributed by atoms with Crippen LogP contribution in [-0.4, -0.2) is 23.4 Å². The number of para-hydroxylation sites is 1. The summed E-state index contributed by atoms with van der Waals surface area (Å²) in [5.41, 5.74) is 4.28. The Kier molecular flexibility index (Phi) is 5.35. The Morgan fingerprint density at radius 3 is 2.27 bits per heavy atom. The van der Waals surface area contributed by atoms with Crippen LogP contribution in [0.4, 0.5) is 11.4 Å². The lowest BCUT2D eigenvalue weighted by molar-refractivity contribution is -0.116. The van der Waals surface area contributed by atoms with Crippen molar-refractivity contribution in [2.45, 2.75) is 13.5 Å². The predicted molar refractivity (Wildman–Crippen MR) is 121 cm³/mol. The van der Waals surface area contributed by atoms with E-state index in [4.69, 9.17) is 0 Å². The maximum atomic E-state index is 13.0. The Morgan fingerprint density at radius 1 is 0.900 bits per heavy atom. The number of aromatic nitrogens is 1. The highest BCUT2D eigenvalue weighted by Gasteiger charge is 2.15. The second-order valence-electron chi connectivity index (χ2n) is 7.25. The fraction of sp³-hybridized carbons (Fsp3) is 0.120. The van der Waals surface area contributed by atoms with Gasteiger partial charge in [0.2, 0.25) is 5.91 Å². The van der Waals surface area contributed by atoms with Gasteiger partial charge in [-0.25, -0.2) is 0 Å². The first kappa shape index (κ1) is 19.5. The number of benzene rings is 3.